The number of aliphatic carboxylic acids is 2. The number of carboxylic acids is 2. The van der Waals surface area contributed by atoms with Gasteiger partial charge in [-0.05, 0) is 89.9 Å². The molecule has 8 rings (SSSR count). The highest BCUT2D eigenvalue weighted by Gasteiger charge is 2.52. The Kier molecular flexibility index (Phi) is 8.10. The third kappa shape index (κ3) is 5.18. The van der Waals surface area contributed by atoms with E-state index in [2.05, 4.69) is 36.4 Å². The van der Waals surface area contributed by atoms with Crippen LogP contribution in [0.25, 0.3) is 27.5 Å². The predicted octanol–water partition coefficient (Wildman–Crippen LogP) is 9.46. The highest BCUT2D eigenvalue weighted by Crippen LogP contribution is 2.63. The zero-order valence-electron chi connectivity index (χ0n) is 29.9. The monoisotopic (exact) mass is 702 g/mol. The molecule has 0 aromatic heterocycles. The van der Waals surface area contributed by atoms with Gasteiger partial charge in [0.05, 0.1) is 19.8 Å². The molecule has 1 atom stereocenters. The van der Waals surface area contributed by atoms with E-state index in [0.717, 1.165) is 49.7 Å². The van der Waals surface area contributed by atoms with Crippen LogP contribution in [0.3, 0.4) is 0 Å². The van der Waals surface area contributed by atoms with Gasteiger partial charge in [-0.2, -0.15) is 0 Å². The van der Waals surface area contributed by atoms with E-state index in [0.29, 0.717) is 33.9 Å². The van der Waals surface area contributed by atoms with Crippen molar-refractivity contribution in [2.75, 3.05) is 14.2 Å². The Bertz CT molecular complexity index is 2410. The second-order valence-electron chi connectivity index (χ2n) is 13.9. The summed E-state index contributed by atoms with van der Waals surface area (Å²) in [5.74, 6) is -0.334. The third-order valence-electron chi connectivity index (χ3n) is 10.9. The van der Waals surface area contributed by atoms with Crippen LogP contribution in [0.2, 0.25) is 0 Å². The second kappa shape index (κ2) is 12.7. The van der Waals surface area contributed by atoms with Crippen molar-refractivity contribution in [3.05, 3.63) is 166 Å². The van der Waals surface area contributed by atoms with Crippen LogP contribution in [0, 0.1) is 13.8 Å². The van der Waals surface area contributed by atoms with E-state index in [1.807, 2.05) is 92.7 Å². The number of hydrogen-bond donors (Lipinski definition) is 2. The van der Waals surface area contributed by atoms with Crippen LogP contribution in [0.15, 0.2) is 121 Å². The lowest BCUT2D eigenvalue weighted by Gasteiger charge is -2.41. The van der Waals surface area contributed by atoms with Gasteiger partial charge < -0.3 is 24.4 Å². The Morgan fingerprint density at radius 2 is 1.28 bits per heavy atom. The smallest absolute Gasteiger partial charge is 0.336 e. The summed E-state index contributed by atoms with van der Waals surface area (Å²) in [7, 11) is 3.20. The molecule has 53 heavy (non-hydrogen) atoms. The highest BCUT2D eigenvalue weighted by atomic mass is 16.5. The molecule has 7 nitrogen and oxygen atoms in total. The number of ether oxygens (including phenoxy) is 3. The maximum Gasteiger partial charge on any atom is 0.336 e. The molecule has 6 aromatic carbocycles. The SMILES string of the molecule is COc1ccc(C2(c3ccc(OC)cc3)C=C(C(=O)O)c3c4c(c5ccc(C)cc5c3O2)-c2ccc(C)cc2C4(CCC(=O)O)c2ccccc2)cc1. The van der Waals surface area contributed by atoms with Crippen LogP contribution in [0.5, 0.6) is 17.2 Å². The van der Waals surface area contributed by atoms with E-state index in [9.17, 15) is 19.8 Å². The van der Waals surface area contributed by atoms with E-state index in [-0.39, 0.29) is 18.4 Å². The molecule has 2 N–H and O–H groups in total. The molecule has 7 heteroatoms. The number of rotatable bonds is 9. The summed E-state index contributed by atoms with van der Waals surface area (Å²) in [6.07, 6.45) is 1.77. The zero-order chi connectivity index (χ0) is 37.1. The van der Waals surface area contributed by atoms with Gasteiger partial charge in [0.1, 0.15) is 17.2 Å². The van der Waals surface area contributed by atoms with Crippen LogP contribution in [-0.4, -0.2) is 36.4 Å². The molecular weight excluding hydrogens is 664 g/mol. The summed E-state index contributed by atoms with van der Waals surface area (Å²) < 4.78 is 18.4. The number of benzene rings is 6. The first-order chi connectivity index (χ1) is 25.6. The molecule has 0 fully saturated rings. The molecule has 1 aliphatic carbocycles. The predicted molar refractivity (Wildman–Crippen MR) is 205 cm³/mol. The van der Waals surface area contributed by atoms with Crippen molar-refractivity contribution in [1.82, 2.24) is 0 Å². The number of aryl methyl sites for hydroxylation is 2. The van der Waals surface area contributed by atoms with Gasteiger partial charge in [0.15, 0.2) is 5.60 Å². The van der Waals surface area contributed by atoms with Gasteiger partial charge in [0.2, 0.25) is 0 Å². The van der Waals surface area contributed by atoms with E-state index >= 15 is 0 Å². The largest absolute Gasteiger partial charge is 0.497 e. The van der Waals surface area contributed by atoms with Crippen LogP contribution < -0.4 is 14.2 Å². The lowest BCUT2D eigenvalue weighted by Crippen LogP contribution is -2.38. The minimum atomic E-state index is -1.39. The molecule has 0 bridgehead atoms. The van der Waals surface area contributed by atoms with Gasteiger partial charge >= 0.3 is 11.9 Å². The molecule has 264 valence electrons. The Labute approximate surface area is 307 Å². The molecule has 0 saturated carbocycles. The summed E-state index contributed by atoms with van der Waals surface area (Å²) in [5, 5.41) is 23.3. The average Bonchev–Trinajstić information content (AvgIpc) is 3.47. The Morgan fingerprint density at radius 1 is 0.679 bits per heavy atom. The minimum absolute atomic E-state index is 0.0673. The molecule has 1 unspecified atom stereocenters. The van der Waals surface area contributed by atoms with Crippen molar-refractivity contribution in [2.45, 2.75) is 37.7 Å². The van der Waals surface area contributed by atoms with E-state index in [4.69, 9.17) is 14.2 Å². The van der Waals surface area contributed by atoms with Gasteiger partial charge in [-0.3, -0.25) is 4.79 Å². The summed E-state index contributed by atoms with van der Waals surface area (Å²) in [4.78, 5) is 26.4. The quantitative estimate of drug-likeness (QED) is 0.155. The van der Waals surface area contributed by atoms with Crippen LogP contribution in [-0.2, 0) is 20.6 Å². The number of carbonyl (C=O) groups is 2. The van der Waals surface area contributed by atoms with Crippen LogP contribution >= 0.6 is 0 Å². The molecule has 0 radical (unpaired) electrons. The number of methoxy groups -OCH3 is 2. The van der Waals surface area contributed by atoms with Crippen molar-refractivity contribution >= 4 is 28.3 Å². The lowest BCUT2D eigenvalue weighted by molar-refractivity contribution is -0.137. The lowest BCUT2D eigenvalue weighted by atomic mass is 9.66. The maximum atomic E-state index is 14.0. The van der Waals surface area contributed by atoms with Crippen LogP contribution in [0.4, 0.5) is 0 Å². The van der Waals surface area contributed by atoms with Gasteiger partial charge in [-0.15, -0.1) is 0 Å². The first-order valence-electron chi connectivity index (χ1n) is 17.6. The average molecular weight is 703 g/mol. The molecule has 0 spiro atoms. The fourth-order valence-electron chi connectivity index (χ4n) is 8.49. The van der Waals surface area contributed by atoms with E-state index in [1.54, 1.807) is 20.3 Å². The van der Waals surface area contributed by atoms with Crippen molar-refractivity contribution in [3.63, 3.8) is 0 Å². The summed E-state index contributed by atoms with van der Waals surface area (Å²) >= 11 is 0. The molecule has 6 aromatic rings. The number of fused-ring (bicyclic) bond motifs is 8. The minimum Gasteiger partial charge on any atom is -0.497 e. The fraction of sp³-hybridized carbons (Fsp3) is 0.174. The standard InChI is InChI=1S/C46H38O7/c1-27-10-20-34-36(24-27)43-41(42-40(34)35-21-11-28(2)25-38(35)45(42,23-22-39(47)48)29-8-6-5-7-9-29)37(44(49)50)26-46(53-43,30-12-16-32(51-3)17-13-30)31-14-18-33(52-4)19-15-31/h5-21,24-26H,22-23H2,1-4H3,(H,47,48)(H,49,50). The van der Waals surface area contributed by atoms with Gasteiger partial charge in [-0.25, -0.2) is 4.79 Å². The fourth-order valence-corrected chi connectivity index (χ4v) is 8.49. The molecule has 0 amide bonds. The van der Waals surface area contributed by atoms with Gasteiger partial charge in [-0.1, -0.05) is 96.1 Å². The van der Waals surface area contributed by atoms with Gasteiger partial charge in [0.25, 0.3) is 0 Å². The summed E-state index contributed by atoms with van der Waals surface area (Å²) in [6.45, 7) is 4.03. The van der Waals surface area contributed by atoms with Crippen molar-refractivity contribution in [2.24, 2.45) is 0 Å². The topological polar surface area (TPSA) is 102 Å². The zero-order valence-corrected chi connectivity index (χ0v) is 29.9. The normalized spacial score (nSPS) is 16.5. The highest BCUT2D eigenvalue weighted by molar-refractivity contribution is 6.22. The molecule has 2 aliphatic rings. The van der Waals surface area contributed by atoms with E-state index in [1.165, 1.54) is 0 Å². The van der Waals surface area contributed by atoms with Crippen molar-refractivity contribution in [1.29, 1.82) is 0 Å². The Balaban J connectivity index is 1.56. The Hall–Kier alpha value is -6.34. The first kappa shape index (κ1) is 33.8. The summed E-state index contributed by atoms with van der Waals surface area (Å²) in [5.41, 5.74) is 5.92. The third-order valence-corrected chi connectivity index (χ3v) is 10.9. The number of carboxylic acid groups (broad SMARTS) is 2. The van der Waals surface area contributed by atoms with E-state index < -0.39 is 23.0 Å². The van der Waals surface area contributed by atoms with Gasteiger partial charge in [0, 0.05) is 33.9 Å². The Morgan fingerprint density at radius 3 is 1.87 bits per heavy atom. The maximum absolute atomic E-state index is 14.0. The summed E-state index contributed by atoms with van der Waals surface area (Å²) in [6, 6.07) is 37.3. The first-order valence-corrected chi connectivity index (χ1v) is 17.6. The van der Waals surface area contributed by atoms with Crippen molar-refractivity contribution < 1.29 is 34.0 Å². The molecule has 0 saturated heterocycles. The van der Waals surface area contributed by atoms with Crippen molar-refractivity contribution in [3.8, 4) is 28.4 Å². The number of hydrogen-bond acceptors (Lipinski definition) is 5. The molecule has 1 aliphatic heterocycles. The van der Waals surface area contributed by atoms with Crippen LogP contribution in [0.1, 0.15) is 57.3 Å². The molecule has 1 heterocycles. The second-order valence-corrected chi connectivity index (χ2v) is 13.9. The molecular formula is C46H38O7.